The van der Waals surface area contributed by atoms with Crippen LogP contribution in [-0.4, -0.2) is 13.0 Å². The summed E-state index contributed by atoms with van der Waals surface area (Å²) in [6.45, 7) is 0.437. The van der Waals surface area contributed by atoms with Crippen LogP contribution in [0.5, 0.6) is 0 Å². The zero-order valence-corrected chi connectivity index (χ0v) is 11.8. The van der Waals surface area contributed by atoms with Crippen molar-refractivity contribution in [3.8, 4) is 0 Å². The maximum absolute atomic E-state index is 12.3. The number of para-hydroxylation sites is 1. The molecule has 0 aliphatic rings. The van der Waals surface area contributed by atoms with E-state index in [-0.39, 0.29) is 5.91 Å². The molecular weight excluding hydrogens is 248 g/mol. The number of hydrogen-bond acceptors (Lipinski definition) is 2. The van der Waals surface area contributed by atoms with Crippen LogP contribution in [0.4, 0.5) is 5.69 Å². The summed E-state index contributed by atoms with van der Waals surface area (Å²) in [5.74, 6) is 0.106. The van der Waals surface area contributed by atoms with Gasteiger partial charge in [0.05, 0.1) is 0 Å². The van der Waals surface area contributed by atoms with Crippen molar-refractivity contribution in [1.82, 2.24) is 0 Å². The highest BCUT2D eigenvalue weighted by Crippen LogP contribution is 2.19. The molecule has 0 aliphatic carbocycles. The van der Waals surface area contributed by atoms with E-state index < -0.39 is 0 Å². The Hall–Kier alpha value is -2.13. The highest BCUT2D eigenvalue weighted by atomic mass is 16.2. The number of rotatable bonds is 5. The first-order chi connectivity index (χ1) is 9.72. The van der Waals surface area contributed by atoms with E-state index in [0.29, 0.717) is 13.0 Å². The van der Waals surface area contributed by atoms with Crippen LogP contribution in [0.1, 0.15) is 17.5 Å². The largest absolute Gasteiger partial charge is 0.326 e. The van der Waals surface area contributed by atoms with Gasteiger partial charge in [-0.3, -0.25) is 4.79 Å². The first-order valence-corrected chi connectivity index (χ1v) is 6.81. The van der Waals surface area contributed by atoms with Gasteiger partial charge in [0, 0.05) is 25.7 Å². The van der Waals surface area contributed by atoms with Crippen LogP contribution in [-0.2, 0) is 17.8 Å². The second-order valence-corrected chi connectivity index (χ2v) is 4.77. The molecule has 0 radical (unpaired) electrons. The van der Waals surface area contributed by atoms with Gasteiger partial charge in [0.25, 0.3) is 0 Å². The van der Waals surface area contributed by atoms with Crippen molar-refractivity contribution in [2.45, 2.75) is 19.4 Å². The molecule has 104 valence electrons. The predicted molar refractivity (Wildman–Crippen MR) is 82.5 cm³/mol. The summed E-state index contributed by atoms with van der Waals surface area (Å²) < 4.78 is 0. The number of nitrogens with two attached hydrogens (primary N) is 1. The zero-order chi connectivity index (χ0) is 14.4. The summed E-state index contributed by atoms with van der Waals surface area (Å²) in [6.07, 6.45) is 1.26. The third-order valence-electron chi connectivity index (χ3n) is 3.42. The summed E-state index contributed by atoms with van der Waals surface area (Å²) in [7, 11) is 1.81. The molecule has 0 aromatic heterocycles. The van der Waals surface area contributed by atoms with E-state index in [9.17, 15) is 4.79 Å². The van der Waals surface area contributed by atoms with Crippen molar-refractivity contribution in [3.63, 3.8) is 0 Å². The second kappa shape index (κ2) is 6.87. The van der Waals surface area contributed by atoms with E-state index in [2.05, 4.69) is 0 Å². The minimum atomic E-state index is 0.106. The Balaban J connectivity index is 2.02. The lowest BCUT2D eigenvalue weighted by atomic mass is 10.1. The molecule has 3 heteroatoms. The maximum Gasteiger partial charge on any atom is 0.227 e. The highest BCUT2D eigenvalue weighted by Gasteiger charge is 2.13. The number of anilines is 1. The quantitative estimate of drug-likeness (QED) is 0.906. The topological polar surface area (TPSA) is 46.3 Å². The minimum absolute atomic E-state index is 0.106. The summed E-state index contributed by atoms with van der Waals surface area (Å²) >= 11 is 0. The molecule has 0 fully saturated rings. The fourth-order valence-electron chi connectivity index (χ4n) is 2.21. The summed E-state index contributed by atoms with van der Waals surface area (Å²) in [6, 6.07) is 17.8. The molecule has 1 amide bonds. The van der Waals surface area contributed by atoms with Crippen LogP contribution in [0.2, 0.25) is 0 Å². The average molecular weight is 268 g/mol. The zero-order valence-electron chi connectivity index (χ0n) is 11.8. The Kier molecular flexibility index (Phi) is 4.91. The van der Waals surface area contributed by atoms with Crippen molar-refractivity contribution in [1.29, 1.82) is 0 Å². The van der Waals surface area contributed by atoms with Crippen molar-refractivity contribution in [2.75, 3.05) is 11.9 Å². The number of carbonyl (C=O) groups excluding carboxylic acids is 1. The van der Waals surface area contributed by atoms with Crippen molar-refractivity contribution in [2.24, 2.45) is 5.73 Å². The highest BCUT2D eigenvalue weighted by molar-refractivity contribution is 5.93. The molecule has 2 N–H and O–H groups in total. The van der Waals surface area contributed by atoms with Gasteiger partial charge in [-0.15, -0.1) is 0 Å². The molecule has 3 nitrogen and oxygen atoms in total. The number of carbonyl (C=O) groups is 1. The Morgan fingerprint density at radius 3 is 2.40 bits per heavy atom. The molecule has 0 bridgehead atoms. The first kappa shape index (κ1) is 14.3. The van der Waals surface area contributed by atoms with E-state index in [1.165, 1.54) is 5.56 Å². The lowest BCUT2D eigenvalue weighted by Gasteiger charge is -2.20. The van der Waals surface area contributed by atoms with Crippen molar-refractivity contribution < 1.29 is 4.79 Å². The average Bonchev–Trinajstić information content (AvgIpc) is 2.52. The molecule has 0 saturated carbocycles. The molecule has 0 spiro atoms. The van der Waals surface area contributed by atoms with Crippen LogP contribution in [0, 0.1) is 0 Å². The molecule has 0 heterocycles. The molecule has 2 aromatic rings. The number of hydrogen-bond donors (Lipinski definition) is 1. The molecule has 0 atom stereocenters. The maximum atomic E-state index is 12.3. The van der Waals surface area contributed by atoms with Gasteiger partial charge in [0.2, 0.25) is 5.91 Å². The molecule has 2 aromatic carbocycles. The predicted octanol–water partition coefficient (Wildman–Crippen LogP) is 2.74. The van der Waals surface area contributed by atoms with E-state index >= 15 is 0 Å². The van der Waals surface area contributed by atoms with Gasteiger partial charge in [-0.2, -0.15) is 0 Å². The number of amides is 1. The SMILES string of the molecule is CN(C(=O)CCc1ccccc1)c1ccccc1CN. The Morgan fingerprint density at radius 1 is 1.05 bits per heavy atom. The summed E-state index contributed by atoms with van der Waals surface area (Å²) in [5.41, 5.74) is 8.78. The fourth-order valence-corrected chi connectivity index (χ4v) is 2.21. The van der Waals surface area contributed by atoms with Crippen LogP contribution >= 0.6 is 0 Å². The number of aryl methyl sites for hydroxylation is 1. The standard InChI is InChI=1S/C17H20N2O/c1-19(16-10-6-5-9-15(16)13-18)17(20)12-11-14-7-3-2-4-8-14/h2-10H,11-13,18H2,1H3. The third-order valence-corrected chi connectivity index (χ3v) is 3.42. The lowest BCUT2D eigenvalue weighted by Crippen LogP contribution is -2.27. The Labute approximate surface area is 120 Å². The molecule has 2 rings (SSSR count). The fraction of sp³-hybridized carbons (Fsp3) is 0.235. The monoisotopic (exact) mass is 268 g/mol. The summed E-state index contributed by atoms with van der Waals surface area (Å²) in [5, 5.41) is 0. The van der Waals surface area contributed by atoms with Crippen LogP contribution in [0.15, 0.2) is 54.6 Å². The van der Waals surface area contributed by atoms with E-state index in [1.807, 2.05) is 61.6 Å². The van der Waals surface area contributed by atoms with Crippen LogP contribution in [0.3, 0.4) is 0 Å². The lowest BCUT2D eigenvalue weighted by molar-refractivity contribution is -0.118. The summed E-state index contributed by atoms with van der Waals surface area (Å²) in [4.78, 5) is 14.0. The normalized spacial score (nSPS) is 10.3. The third kappa shape index (κ3) is 3.45. The van der Waals surface area contributed by atoms with Crippen LogP contribution < -0.4 is 10.6 Å². The van der Waals surface area contributed by atoms with Gasteiger partial charge in [0.15, 0.2) is 0 Å². The molecule has 0 unspecified atom stereocenters. The Morgan fingerprint density at radius 2 is 1.70 bits per heavy atom. The van der Waals surface area contributed by atoms with Gasteiger partial charge in [-0.25, -0.2) is 0 Å². The van der Waals surface area contributed by atoms with Crippen molar-refractivity contribution >= 4 is 11.6 Å². The van der Waals surface area contributed by atoms with E-state index in [1.54, 1.807) is 4.90 Å². The molecule has 20 heavy (non-hydrogen) atoms. The van der Waals surface area contributed by atoms with Gasteiger partial charge in [-0.1, -0.05) is 48.5 Å². The van der Waals surface area contributed by atoms with E-state index in [0.717, 1.165) is 17.7 Å². The van der Waals surface area contributed by atoms with Crippen molar-refractivity contribution in [3.05, 3.63) is 65.7 Å². The smallest absolute Gasteiger partial charge is 0.227 e. The van der Waals surface area contributed by atoms with E-state index in [4.69, 9.17) is 5.73 Å². The van der Waals surface area contributed by atoms with Gasteiger partial charge in [0.1, 0.15) is 0 Å². The van der Waals surface area contributed by atoms with Gasteiger partial charge in [-0.05, 0) is 23.6 Å². The van der Waals surface area contributed by atoms with Gasteiger partial charge < -0.3 is 10.6 Å². The molecule has 0 saturated heterocycles. The van der Waals surface area contributed by atoms with Gasteiger partial charge >= 0.3 is 0 Å². The minimum Gasteiger partial charge on any atom is -0.326 e. The molecule has 0 aliphatic heterocycles. The molecular formula is C17H20N2O. The second-order valence-electron chi connectivity index (χ2n) is 4.77. The number of benzene rings is 2. The first-order valence-electron chi connectivity index (χ1n) is 6.81. The number of nitrogens with zero attached hydrogens (tertiary/aromatic N) is 1. The van der Waals surface area contributed by atoms with Crippen LogP contribution in [0.25, 0.3) is 0 Å². The Bertz CT molecular complexity index is 566.